The summed E-state index contributed by atoms with van der Waals surface area (Å²) >= 11 is 0. The van der Waals surface area contributed by atoms with Crippen LogP contribution in [-0.4, -0.2) is 34.4 Å². The normalized spacial score (nSPS) is 13.1. The van der Waals surface area contributed by atoms with E-state index in [4.69, 9.17) is 16.2 Å². The van der Waals surface area contributed by atoms with E-state index in [2.05, 4.69) is 16.9 Å². The molecule has 1 aromatic rings. The van der Waals surface area contributed by atoms with Crippen molar-refractivity contribution in [3.8, 4) is 0 Å². The Morgan fingerprint density at radius 1 is 1.00 bits per heavy atom. The summed E-state index contributed by atoms with van der Waals surface area (Å²) in [6.07, 6.45) is 15.8. The third kappa shape index (κ3) is 12.3. The number of ether oxygens (including phenoxy) is 1. The van der Waals surface area contributed by atoms with Crippen molar-refractivity contribution < 1.29 is 14.3 Å². The molecule has 1 heterocycles. The van der Waals surface area contributed by atoms with Crippen LogP contribution >= 0.6 is 0 Å². The van der Waals surface area contributed by atoms with Crippen LogP contribution in [0.3, 0.4) is 0 Å². The summed E-state index contributed by atoms with van der Waals surface area (Å²) in [6, 6.07) is -0.683. The third-order valence-electron chi connectivity index (χ3n) is 6.28. The third-order valence-corrected chi connectivity index (χ3v) is 6.28. The number of carbonyl (C=O) groups excluding carboxylic acids is 2. The number of rotatable bonds is 19. The lowest BCUT2D eigenvalue weighted by atomic mass is 9.93. The Kier molecular flexibility index (Phi) is 15.1. The summed E-state index contributed by atoms with van der Waals surface area (Å²) in [6.45, 7) is 6.11. The molecule has 1 rings (SSSR count). The Morgan fingerprint density at radius 3 is 2.09 bits per heavy atom. The van der Waals surface area contributed by atoms with E-state index >= 15 is 0 Å². The zero-order valence-corrected chi connectivity index (χ0v) is 21.4. The van der Waals surface area contributed by atoms with Crippen LogP contribution in [0.2, 0.25) is 0 Å². The summed E-state index contributed by atoms with van der Waals surface area (Å²) in [4.78, 5) is 42.2. The summed E-state index contributed by atoms with van der Waals surface area (Å²) in [7, 11) is 0. The summed E-state index contributed by atoms with van der Waals surface area (Å²) in [5.41, 5.74) is 11.3. The number of ketones is 1. The van der Waals surface area contributed by atoms with Gasteiger partial charge in [-0.3, -0.25) is 14.6 Å². The van der Waals surface area contributed by atoms with Crippen LogP contribution in [0.5, 0.6) is 0 Å². The largest absolute Gasteiger partial charge is 0.464 e. The molecule has 0 amide bonds. The van der Waals surface area contributed by atoms with E-state index < -0.39 is 17.7 Å². The van der Waals surface area contributed by atoms with Gasteiger partial charge in [0.15, 0.2) is 5.78 Å². The van der Waals surface area contributed by atoms with Crippen molar-refractivity contribution in [2.45, 2.75) is 110 Å². The van der Waals surface area contributed by atoms with Crippen LogP contribution in [0.25, 0.3) is 0 Å². The number of hydrogen-bond donors (Lipinski definition) is 3. The molecule has 0 saturated carbocycles. The van der Waals surface area contributed by atoms with Gasteiger partial charge in [-0.1, -0.05) is 91.4 Å². The second-order valence-electron chi connectivity index (χ2n) is 9.73. The van der Waals surface area contributed by atoms with E-state index in [1.165, 1.54) is 64.0 Å². The van der Waals surface area contributed by atoms with Gasteiger partial charge in [0.1, 0.15) is 11.9 Å². The molecule has 8 heteroatoms. The van der Waals surface area contributed by atoms with Crippen molar-refractivity contribution >= 4 is 17.6 Å². The van der Waals surface area contributed by atoms with E-state index in [0.717, 1.165) is 19.3 Å². The van der Waals surface area contributed by atoms with Crippen molar-refractivity contribution in [3.05, 3.63) is 22.2 Å². The predicted octanol–water partition coefficient (Wildman–Crippen LogP) is 4.77. The first-order valence-electron chi connectivity index (χ1n) is 13.1. The minimum absolute atomic E-state index is 0.0114. The smallest absolute Gasteiger partial charge is 0.346 e. The Balaban J connectivity index is 2.49. The molecule has 0 spiro atoms. The van der Waals surface area contributed by atoms with E-state index in [1.54, 1.807) is 0 Å². The van der Waals surface area contributed by atoms with E-state index in [0.29, 0.717) is 0 Å². The summed E-state index contributed by atoms with van der Waals surface area (Å²) in [5, 5.41) is 0. The fourth-order valence-corrected chi connectivity index (χ4v) is 3.91. The van der Waals surface area contributed by atoms with Crippen molar-refractivity contribution in [2.24, 2.45) is 17.6 Å². The quantitative estimate of drug-likeness (QED) is 0.148. The topological polar surface area (TPSA) is 141 Å². The number of nitrogens with two attached hydrogens (primary N) is 2. The average Bonchev–Trinajstić information content (AvgIpc) is 2.79. The van der Waals surface area contributed by atoms with Crippen LogP contribution in [0.4, 0.5) is 5.82 Å². The summed E-state index contributed by atoms with van der Waals surface area (Å²) in [5.74, 6) is -0.820. The van der Waals surface area contributed by atoms with Crippen molar-refractivity contribution in [3.63, 3.8) is 0 Å². The summed E-state index contributed by atoms with van der Waals surface area (Å²) < 4.78 is 5.44. The zero-order valence-electron chi connectivity index (χ0n) is 21.4. The molecule has 0 radical (unpaired) electrons. The number of hydrogen-bond acceptors (Lipinski definition) is 7. The maximum Gasteiger partial charge on any atom is 0.346 e. The number of aromatic amines is 1. The van der Waals surface area contributed by atoms with Gasteiger partial charge in [0.25, 0.3) is 0 Å². The number of H-pyrrole nitrogens is 1. The number of anilines is 1. The molecule has 0 aliphatic carbocycles. The number of unbranched alkanes of at least 4 members (excludes halogenated alkanes) is 10. The lowest BCUT2D eigenvalue weighted by molar-refractivity contribution is -0.147. The van der Waals surface area contributed by atoms with Gasteiger partial charge in [-0.25, -0.2) is 9.78 Å². The average molecular weight is 479 g/mol. The highest BCUT2D eigenvalue weighted by molar-refractivity contribution is 5.99. The number of esters is 1. The Bertz CT molecular complexity index is 778. The first-order valence-corrected chi connectivity index (χ1v) is 13.1. The monoisotopic (exact) mass is 478 g/mol. The molecule has 0 aliphatic heterocycles. The molecule has 0 saturated heterocycles. The number of Topliss-reactive ketones (excluding diaryl/α,β-unsaturated/α-hetero) is 1. The molecule has 1 unspecified atom stereocenters. The molecule has 1 aromatic heterocycles. The van der Waals surface area contributed by atoms with Gasteiger partial charge in [0, 0.05) is 18.5 Å². The lowest BCUT2D eigenvalue weighted by Gasteiger charge is -2.19. The standard InChI is InChI=1S/C26H46N4O4/c1-4-5-6-7-8-9-10-11-12-13-14-15-20(18-34-25(32)23(27)19(2)3)16-22(31)21-17-29-26(33)30-24(21)28/h17,19-20,23H,4-16,18,27H2,1-3H3,(H3,28,29,30,33)/t20?,23-/m0/s1. The fourth-order valence-electron chi connectivity index (χ4n) is 3.91. The van der Waals surface area contributed by atoms with Crippen LogP contribution < -0.4 is 17.2 Å². The van der Waals surface area contributed by atoms with Gasteiger partial charge < -0.3 is 16.2 Å². The van der Waals surface area contributed by atoms with Gasteiger partial charge in [-0.15, -0.1) is 0 Å². The second-order valence-corrected chi connectivity index (χ2v) is 9.73. The Morgan fingerprint density at radius 2 is 1.56 bits per heavy atom. The van der Waals surface area contributed by atoms with Gasteiger partial charge in [-0.05, 0) is 12.3 Å². The molecule has 0 bridgehead atoms. The second kappa shape index (κ2) is 17.2. The number of nitrogen functional groups attached to an aromatic ring is 1. The number of nitrogens with zero attached hydrogens (tertiary/aromatic N) is 1. The maximum absolute atomic E-state index is 12.8. The van der Waals surface area contributed by atoms with Crippen molar-refractivity contribution in [2.75, 3.05) is 12.3 Å². The van der Waals surface area contributed by atoms with E-state index in [9.17, 15) is 14.4 Å². The highest BCUT2D eigenvalue weighted by atomic mass is 16.5. The number of carbonyl (C=O) groups is 2. The first kappa shape index (κ1) is 29.8. The maximum atomic E-state index is 12.8. The molecule has 194 valence electrons. The Labute approximate surface area is 204 Å². The molecular formula is C26H46N4O4. The molecule has 0 fully saturated rings. The lowest BCUT2D eigenvalue weighted by Crippen LogP contribution is -2.37. The van der Waals surface area contributed by atoms with Crippen LogP contribution in [0, 0.1) is 11.8 Å². The highest BCUT2D eigenvalue weighted by Gasteiger charge is 2.23. The van der Waals surface area contributed by atoms with Gasteiger partial charge in [0.05, 0.1) is 12.2 Å². The Hall–Kier alpha value is -2.22. The molecule has 8 nitrogen and oxygen atoms in total. The van der Waals surface area contributed by atoms with E-state index in [1.807, 2.05) is 13.8 Å². The fraction of sp³-hybridized carbons (Fsp3) is 0.769. The van der Waals surface area contributed by atoms with E-state index in [-0.39, 0.29) is 42.0 Å². The minimum Gasteiger partial charge on any atom is -0.464 e. The SMILES string of the molecule is CCCCCCCCCCCCCC(COC(=O)[C@@H](N)C(C)C)CC(=O)c1cnc(=O)[nH]c1N. The minimum atomic E-state index is -0.683. The van der Waals surface area contributed by atoms with Crippen molar-refractivity contribution in [1.29, 1.82) is 0 Å². The van der Waals surface area contributed by atoms with Gasteiger partial charge >= 0.3 is 11.7 Å². The number of aromatic nitrogens is 2. The molecule has 0 aromatic carbocycles. The van der Waals surface area contributed by atoms with Crippen LogP contribution in [0.15, 0.2) is 11.0 Å². The molecule has 0 aliphatic rings. The zero-order chi connectivity index (χ0) is 25.3. The molecule has 5 N–H and O–H groups in total. The van der Waals surface area contributed by atoms with Crippen LogP contribution in [-0.2, 0) is 9.53 Å². The van der Waals surface area contributed by atoms with Crippen molar-refractivity contribution in [1.82, 2.24) is 9.97 Å². The van der Waals surface area contributed by atoms with Gasteiger partial charge in [-0.2, -0.15) is 0 Å². The van der Waals surface area contributed by atoms with Crippen LogP contribution in [0.1, 0.15) is 115 Å². The first-order chi connectivity index (χ1) is 16.3. The van der Waals surface area contributed by atoms with Gasteiger partial charge in [0.2, 0.25) is 0 Å². The number of nitrogens with one attached hydrogen (secondary N) is 1. The molecule has 34 heavy (non-hydrogen) atoms. The molecule has 2 atom stereocenters. The molecular weight excluding hydrogens is 432 g/mol. The highest BCUT2D eigenvalue weighted by Crippen LogP contribution is 2.20. The predicted molar refractivity (Wildman–Crippen MR) is 137 cm³/mol.